The Bertz CT molecular complexity index is 783. The van der Waals surface area contributed by atoms with Crippen LogP contribution in [0.1, 0.15) is 37.2 Å². The summed E-state index contributed by atoms with van der Waals surface area (Å²) in [7, 11) is 1.70. The Balaban J connectivity index is 1.54. The molecule has 1 saturated carbocycles. The molecule has 0 spiro atoms. The number of amides is 2. The number of nitrogens with zero attached hydrogens (tertiary/aromatic N) is 2. The third kappa shape index (κ3) is 2.35. The fraction of sp³-hybridized carbons (Fsp3) is 0.619. The van der Waals surface area contributed by atoms with Crippen molar-refractivity contribution in [2.75, 3.05) is 26.7 Å². The highest BCUT2D eigenvalue weighted by atomic mass is 16.5. The van der Waals surface area contributed by atoms with Gasteiger partial charge in [-0.15, -0.1) is 0 Å². The van der Waals surface area contributed by atoms with Crippen LogP contribution in [-0.2, 0) is 9.59 Å². The van der Waals surface area contributed by atoms with Gasteiger partial charge in [0.2, 0.25) is 11.8 Å². The third-order valence-corrected chi connectivity index (χ3v) is 7.42. The predicted octanol–water partition coefficient (Wildman–Crippen LogP) is 1.35. The number of carbonyl (C=O) groups excluding carboxylic acids is 2. The van der Waals surface area contributed by atoms with E-state index < -0.39 is 11.3 Å². The van der Waals surface area contributed by atoms with Gasteiger partial charge in [0, 0.05) is 24.1 Å². The Labute approximate surface area is 159 Å². The van der Waals surface area contributed by atoms with Crippen LogP contribution in [0.3, 0.4) is 0 Å². The van der Waals surface area contributed by atoms with Crippen molar-refractivity contribution in [2.24, 2.45) is 17.1 Å². The molecule has 5 aliphatic rings. The molecule has 6 rings (SSSR count). The highest BCUT2D eigenvalue weighted by molar-refractivity contribution is 6.07. The monoisotopic (exact) mass is 369 g/mol. The first-order valence-electron chi connectivity index (χ1n) is 10.0. The Kier molecular flexibility index (Phi) is 3.76. The highest BCUT2D eigenvalue weighted by Gasteiger charge is 2.62. The van der Waals surface area contributed by atoms with E-state index in [0.29, 0.717) is 31.3 Å². The van der Waals surface area contributed by atoms with Gasteiger partial charge in [0.1, 0.15) is 11.2 Å². The number of methoxy groups -OCH3 is 1. The van der Waals surface area contributed by atoms with Crippen LogP contribution in [0.5, 0.6) is 5.75 Å². The molecule has 6 nitrogen and oxygen atoms in total. The van der Waals surface area contributed by atoms with Gasteiger partial charge in [0.05, 0.1) is 13.2 Å². The van der Waals surface area contributed by atoms with E-state index in [2.05, 4.69) is 11.0 Å². The summed E-state index contributed by atoms with van der Waals surface area (Å²) in [4.78, 5) is 30.0. The number of piperidine rings is 3. The largest absolute Gasteiger partial charge is 0.496 e. The van der Waals surface area contributed by atoms with Gasteiger partial charge in [-0.2, -0.15) is 0 Å². The number of fused-ring (bicyclic) bond motifs is 2. The topological polar surface area (TPSA) is 75.9 Å². The normalized spacial score (nSPS) is 35.6. The lowest BCUT2D eigenvalue weighted by atomic mass is 9.75. The smallest absolute Gasteiger partial charge is 0.238 e. The molecular formula is C21H27N3O3. The summed E-state index contributed by atoms with van der Waals surface area (Å²) in [5, 5.41) is 0. The van der Waals surface area contributed by atoms with Gasteiger partial charge in [0.15, 0.2) is 0 Å². The highest BCUT2D eigenvalue weighted by Crippen LogP contribution is 2.53. The van der Waals surface area contributed by atoms with Crippen molar-refractivity contribution in [3.63, 3.8) is 0 Å². The SMILES string of the molecule is COc1ccccc1[C@@H]1CN(C(=O)C2(C(N)=O)CC2)[C@@H]2C3CCN(CC3)[C@@H]21. The number of nitrogens with two attached hydrogens (primary N) is 1. The van der Waals surface area contributed by atoms with E-state index in [4.69, 9.17) is 10.5 Å². The molecule has 4 heterocycles. The summed E-state index contributed by atoms with van der Waals surface area (Å²) in [5.41, 5.74) is 5.85. The lowest BCUT2D eigenvalue weighted by Gasteiger charge is -2.51. The number of hydrogen-bond donors (Lipinski definition) is 1. The second kappa shape index (κ2) is 5.96. The molecule has 27 heavy (non-hydrogen) atoms. The number of primary amides is 1. The van der Waals surface area contributed by atoms with Crippen molar-refractivity contribution in [2.45, 2.75) is 43.7 Å². The van der Waals surface area contributed by atoms with Crippen LogP contribution in [0.15, 0.2) is 24.3 Å². The van der Waals surface area contributed by atoms with Crippen LogP contribution < -0.4 is 10.5 Å². The van der Waals surface area contributed by atoms with E-state index in [0.717, 1.165) is 31.7 Å². The number of para-hydroxylation sites is 1. The maximum atomic E-state index is 13.4. The van der Waals surface area contributed by atoms with Crippen molar-refractivity contribution < 1.29 is 14.3 Å². The van der Waals surface area contributed by atoms with E-state index in [-0.39, 0.29) is 17.9 Å². The molecule has 4 aliphatic heterocycles. The van der Waals surface area contributed by atoms with Crippen LogP contribution in [0.4, 0.5) is 0 Å². The van der Waals surface area contributed by atoms with Crippen molar-refractivity contribution >= 4 is 11.8 Å². The summed E-state index contributed by atoms with van der Waals surface area (Å²) in [5.74, 6) is 1.13. The van der Waals surface area contributed by atoms with Crippen molar-refractivity contribution in [1.82, 2.24) is 9.80 Å². The van der Waals surface area contributed by atoms with E-state index in [9.17, 15) is 9.59 Å². The Morgan fingerprint density at radius 2 is 1.85 bits per heavy atom. The van der Waals surface area contributed by atoms with E-state index in [1.807, 2.05) is 23.1 Å². The number of carbonyl (C=O) groups is 2. The van der Waals surface area contributed by atoms with Crippen LogP contribution in [-0.4, -0.2) is 60.4 Å². The molecule has 144 valence electrons. The number of rotatable bonds is 4. The van der Waals surface area contributed by atoms with Crippen molar-refractivity contribution in [3.8, 4) is 5.75 Å². The number of benzene rings is 1. The van der Waals surface area contributed by atoms with Crippen LogP contribution >= 0.6 is 0 Å². The van der Waals surface area contributed by atoms with Gasteiger partial charge >= 0.3 is 0 Å². The van der Waals surface area contributed by atoms with Gasteiger partial charge < -0.3 is 15.4 Å². The molecule has 3 atom stereocenters. The molecule has 0 unspecified atom stereocenters. The van der Waals surface area contributed by atoms with Crippen molar-refractivity contribution in [3.05, 3.63) is 29.8 Å². The second-order valence-corrected chi connectivity index (χ2v) is 8.61. The maximum absolute atomic E-state index is 13.4. The molecule has 0 radical (unpaired) electrons. The van der Waals surface area contributed by atoms with Gasteiger partial charge in [0.25, 0.3) is 0 Å². The van der Waals surface area contributed by atoms with Gasteiger partial charge in [-0.1, -0.05) is 18.2 Å². The fourth-order valence-corrected chi connectivity index (χ4v) is 5.87. The zero-order valence-corrected chi connectivity index (χ0v) is 15.8. The second-order valence-electron chi connectivity index (χ2n) is 8.61. The average molecular weight is 369 g/mol. The average Bonchev–Trinajstić information content (AvgIpc) is 3.42. The molecule has 5 fully saturated rings. The minimum Gasteiger partial charge on any atom is -0.496 e. The molecule has 6 heteroatoms. The summed E-state index contributed by atoms with van der Waals surface area (Å²) >= 11 is 0. The Hall–Kier alpha value is -2.08. The standard InChI is InChI=1S/C21H27N3O3/c1-27-16-5-3-2-4-14(16)15-12-24(20(26)21(8-9-21)19(22)25)17-13-6-10-23(11-7-13)18(15)17/h2-5,13,15,17-18H,6-12H2,1H3,(H2,22,25)/t15-,17+,18+/m0/s1. The first-order valence-corrected chi connectivity index (χ1v) is 10.0. The molecule has 0 aromatic heterocycles. The Morgan fingerprint density at radius 3 is 2.48 bits per heavy atom. The quantitative estimate of drug-likeness (QED) is 0.813. The zero-order valence-electron chi connectivity index (χ0n) is 15.8. The molecule has 1 aliphatic carbocycles. The maximum Gasteiger partial charge on any atom is 0.238 e. The first-order chi connectivity index (χ1) is 13.1. The third-order valence-electron chi connectivity index (χ3n) is 7.42. The van der Waals surface area contributed by atoms with E-state index in [1.54, 1.807) is 7.11 Å². The van der Waals surface area contributed by atoms with E-state index >= 15 is 0 Å². The molecular weight excluding hydrogens is 342 g/mol. The van der Waals surface area contributed by atoms with Gasteiger partial charge in [-0.05, 0) is 50.8 Å². The van der Waals surface area contributed by atoms with Crippen LogP contribution in [0.2, 0.25) is 0 Å². The van der Waals surface area contributed by atoms with E-state index in [1.165, 1.54) is 5.56 Å². The molecule has 2 bridgehead atoms. The molecule has 1 aromatic rings. The minimum atomic E-state index is -0.938. The molecule has 4 saturated heterocycles. The number of hydrogen-bond acceptors (Lipinski definition) is 4. The van der Waals surface area contributed by atoms with Crippen molar-refractivity contribution in [1.29, 1.82) is 0 Å². The lowest BCUT2D eigenvalue weighted by Crippen LogP contribution is -2.61. The molecule has 1 aromatic carbocycles. The van der Waals surface area contributed by atoms with Gasteiger partial charge in [-0.3, -0.25) is 14.5 Å². The summed E-state index contributed by atoms with van der Waals surface area (Å²) in [6, 6.07) is 8.64. The lowest BCUT2D eigenvalue weighted by molar-refractivity contribution is -0.146. The van der Waals surface area contributed by atoms with Crippen LogP contribution in [0.25, 0.3) is 0 Å². The first kappa shape index (κ1) is 17.0. The van der Waals surface area contributed by atoms with Crippen LogP contribution in [0, 0.1) is 11.3 Å². The molecule has 2 amide bonds. The number of likely N-dealkylation sites (tertiary alicyclic amines) is 1. The van der Waals surface area contributed by atoms with Gasteiger partial charge in [-0.25, -0.2) is 0 Å². The Morgan fingerprint density at radius 1 is 1.15 bits per heavy atom. The minimum absolute atomic E-state index is 0.0313. The summed E-state index contributed by atoms with van der Waals surface area (Å²) in [6.45, 7) is 2.84. The zero-order chi connectivity index (χ0) is 18.8. The fourth-order valence-electron chi connectivity index (χ4n) is 5.87. The number of ether oxygens (including phenoxy) is 1. The predicted molar refractivity (Wildman–Crippen MR) is 100 cm³/mol. The summed E-state index contributed by atoms with van der Waals surface area (Å²) < 4.78 is 5.64. The summed E-state index contributed by atoms with van der Waals surface area (Å²) in [6.07, 6.45) is 3.46. The molecule has 2 N–H and O–H groups in total.